The summed E-state index contributed by atoms with van der Waals surface area (Å²) in [5, 5.41) is 6.67. The first-order valence-electron chi connectivity index (χ1n) is 11.6. The number of benzene rings is 1. The van der Waals surface area contributed by atoms with Gasteiger partial charge in [0.2, 0.25) is 11.9 Å². The van der Waals surface area contributed by atoms with Crippen molar-refractivity contribution in [2.75, 3.05) is 74.3 Å². The number of methoxy groups -OCH3 is 2. The van der Waals surface area contributed by atoms with Crippen LogP contribution in [0.25, 0.3) is 10.9 Å². The Morgan fingerprint density at radius 1 is 0.972 bits per heavy atom. The summed E-state index contributed by atoms with van der Waals surface area (Å²) >= 11 is 0. The highest BCUT2D eigenvalue weighted by molar-refractivity contribution is 5.98. The highest BCUT2D eigenvalue weighted by atomic mass is 35.5. The molecule has 0 spiro atoms. The Labute approximate surface area is 216 Å². The third kappa shape index (κ3) is 5.38. The molecule has 12 nitrogen and oxygen atoms in total. The number of fused-ring (bicyclic) bond motifs is 1. The molecule has 0 bridgehead atoms. The van der Waals surface area contributed by atoms with Crippen molar-refractivity contribution in [3.05, 3.63) is 23.9 Å². The van der Waals surface area contributed by atoms with E-state index in [1.807, 2.05) is 13.8 Å². The minimum Gasteiger partial charge on any atom is -0.493 e. The number of carbonyl (C=O) groups is 1. The molecule has 3 aromatic rings. The van der Waals surface area contributed by atoms with E-state index >= 15 is 0 Å². The molecule has 1 saturated heterocycles. The molecule has 0 aliphatic carbocycles. The Morgan fingerprint density at radius 3 is 2.22 bits per heavy atom. The first kappa shape index (κ1) is 26.8. The maximum Gasteiger partial charge on any atom is 0.256 e. The first-order chi connectivity index (χ1) is 17.0. The molecule has 194 valence electrons. The van der Waals surface area contributed by atoms with Crippen molar-refractivity contribution < 1.29 is 14.3 Å². The minimum absolute atomic E-state index is 0. The minimum atomic E-state index is -0.194. The summed E-state index contributed by atoms with van der Waals surface area (Å²) in [5.74, 6) is 3.01. The maximum absolute atomic E-state index is 12.3. The van der Waals surface area contributed by atoms with Crippen LogP contribution < -0.4 is 35.6 Å². The van der Waals surface area contributed by atoms with Crippen molar-refractivity contribution in [2.45, 2.75) is 13.8 Å². The van der Waals surface area contributed by atoms with Crippen molar-refractivity contribution in [3.8, 4) is 11.5 Å². The zero-order valence-corrected chi connectivity index (χ0v) is 21.7. The quantitative estimate of drug-likeness (QED) is 0.403. The molecule has 1 fully saturated rings. The lowest BCUT2D eigenvalue weighted by Crippen LogP contribution is -2.47. The second-order valence-corrected chi connectivity index (χ2v) is 7.93. The molecule has 1 aromatic carbocycles. The average Bonchev–Trinajstić information content (AvgIpc) is 2.88. The highest BCUT2D eigenvalue weighted by Crippen LogP contribution is 2.34. The van der Waals surface area contributed by atoms with Gasteiger partial charge in [-0.25, -0.2) is 9.97 Å². The Bertz CT molecular complexity index is 1220. The van der Waals surface area contributed by atoms with Crippen molar-refractivity contribution in [3.63, 3.8) is 0 Å². The van der Waals surface area contributed by atoms with Crippen molar-refractivity contribution in [1.82, 2.24) is 25.3 Å². The van der Waals surface area contributed by atoms with Crippen LogP contribution in [0.1, 0.15) is 24.2 Å². The van der Waals surface area contributed by atoms with Crippen molar-refractivity contribution >= 4 is 52.7 Å². The van der Waals surface area contributed by atoms with Gasteiger partial charge in [0, 0.05) is 56.9 Å². The van der Waals surface area contributed by atoms with Gasteiger partial charge in [-0.2, -0.15) is 9.97 Å². The number of hydrogen-bond acceptors (Lipinski definition) is 11. The van der Waals surface area contributed by atoms with Crippen LogP contribution in [0.2, 0.25) is 0 Å². The summed E-state index contributed by atoms with van der Waals surface area (Å²) in [6.45, 7) is 7.68. The second-order valence-electron chi connectivity index (χ2n) is 7.93. The van der Waals surface area contributed by atoms with E-state index in [1.54, 1.807) is 32.5 Å². The van der Waals surface area contributed by atoms with Gasteiger partial charge >= 0.3 is 0 Å². The molecular weight excluding hydrogens is 486 g/mol. The molecule has 4 rings (SSSR count). The van der Waals surface area contributed by atoms with Crippen molar-refractivity contribution in [2.24, 2.45) is 0 Å². The standard InChI is InChI=1S/C23H31N9O3.ClH/c1-5-25-20-15(21(33)26-6-2)13-27-22(30-20)31-7-9-32(10-8-31)23-28-16-12-18(35-4)17(34-3)11-14(16)19(24)29-23;/h11-13H,5-10H2,1-4H3,(H,26,33)(H2,24,28,29)(H,25,27,30);1H. The van der Waals surface area contributed by atoms with Crippen LogP contribution in [-0.4, -0.2) is 79.3 Å². The molecule has 0 unspecified atom stereocenters. The van der Waals surface area contributed by atoms with E-state index in [0.717, 1.165) is 0 Å². The molecule has 0 saturated carbocycles. The summed E-state index contributed by atoms with van der Waals surface area (Å²) in [7, 11) is 3.16. The van der Waals surface area contributed by atoms with Crippen LogP contribution in [0.5, 0.6) is 11.5 Å². The number of nitrogens with zero attached hydrogens (tertiary/aromatic N) is 6. The molecule has 0 radical (unpaired) electrons. The van der Waals surface area contributed by atoms with Crippen LogP contribution in [0.15, 0.2) is 18.3 Å². The third-order valence-corrected chi connectivity index (χ3v) is 5.77. The normalized spacial score (nSPS) is 13.2. The zero-order valence-electron chi connectivity index (χ0n) is 20.9. The van der Waals surface area contributed by atoms with Gasteiger partial charge in [0.1, 0.15) is 17.2 Å². The molecule has 0 atom stereocenters. The Balaban J connectivity index is 0.00000361. The monoisotopic (exact) mass is 517 g/mol. The SMILES string of the molecule is CCNC(=O)c1cnc(N2CCN(c3nc(N)c4cc(OC)c(OC)cc4n3)CC2)nc1NCC.Cl. The number of carbonyl (C=O) groups excluding carboxylic acids is 1. The molecule has 1 aliphatic rings. The topological polar surface area (TPSA) is 144 Å². The molecule has 3 heterocycles. The van der Waals surface area contributed by atoms with Crippen molar-refractivity contribution in [1.29, 1.82) is 0 Å². The number of piperazine rings is 1. The lowest BCUT2D eigenvalue weighted by atomic mass is 10.2. The van der Waals surface area contributed by atoms with E-state index in [1.165, 1.54) is 0 Å². The van der Waals surface area contributed by atoms with Crippen LogP contribution in [0.3, 0.4) is 0 Å². The number of anilines is 4. The summed E-state index contributed by atoms with van der Waals surface area (Å²) < 4.78 is 10.8. The predicted molar refractivity (Wildman–Crippen MR) is 143 cm³/mol. The average molecular weight is 518 g/mol. The maximum atomic E-state index is 12.3. The molecule has 4 N–H and O–H groups in total. The Hall–Kier alpha value is -3.80. The zero-order chi connectivity index (χ0) is 24.9. The lowest BCUT2D eigenvalue weighted by Gasteiger charge is -2.35. The van der Waals surface area contributed by atoms with Gasteiger partial charge in [-0.3, -0.25) is 4.79 Å². The number of nitrogens with two attached hydrogens (primary N) is 1. The van der Waals surface area contributed by atoms with E-state index in [-0.39, 0.29) is 18.3 Å². The van der Waals surface area contributed by atoms with Gasteiger partial charge in [-0.05, 0) is 19.9 Å². The van der Waals surface area contributed by atoms with Gasteiger partial charge in [0.25, 0.3) is 5.91 Å². The van der Waals surface area contributed by atoms with Crippen LogP contribution in [-0.2, 0) is 0 Å². The van der Waals surface area contributed by atoms with Gasteiger partial charge in [-0.1, -0.05) is 0 Å². The van der Waals surface area contributed by atoms with E-state index in [2.05, 4.69) is 35.4 Å². The lowest BCUT2D eigenvalue weighted by molar-refractivity contribution is 0.0956. The fourth-order valence-corrected chi connectivity index (χ4v) is 3.96. The van der Waals surface area contributed by atoms with Crippen LogP contribution >= 0.6 is 12.4 Å². The smallest absolute Gasteiger partial charge is 0.256 e. The van der Waals surface area contributed by atoms with E-state index in [9.17, 15) is 4.79 Å². The first-order valence-corrected chi connectivity index (χ1v) is 11.6. The van der Waals surface area contributed by atoms with E-state index in [4.69, 9.17) is 20.2 Å². The van der Waals surface area contributed by atoms with Gasteiger partial charge in [-0.15, -0.1) is 12.4 Å². The largest absolute Gasteiger partial charge is 0.493 e. The Kier molecular flexibility index (Phi) is 8.75. The third-order valence-electron chi connectivity index (χ3n) is 5.77. The van der Waals surface area contributed by atoms with E-state index in [0.29, 0.717) is 90.8 Å². The summed E-state index contributed by atoms with van der Waals surface area (Å²) in [6.07, 6.45) is 1.58. The predicted octanol–water partition coefficient (Wildman–Crippen LogP) is 1.95. The number of aromatic nitrogens is 4. The van der Waals surface area contributed by atoms with Crippen LogP contribution in [0, 0.1) is 0 Å². The summed E-state index contributed by atoms with van der Waals surface area (Å²) in [5.41, 5.74) is 7.38. The molecule has 36 heavy (non-hydrogen) atoms. The molecule has 1 aliphatic heterocycles. The van der Waals surface area contributed by atoms with Gasteiger partial charge < -0.3 is 35.6 Å². The second kappa shape index (κ2) is 11.8. The molecule has 13 heteroatoms. The number of ether oxygens (including phenoxy) is 2. The number of nitrogen functional groups attached to an aromatic ring is 1. The molecule has 2 aromatic heterocycles. The van der Waals surface area contributed by atoms with Gasteiger partial charge in [0.15, 0.2) is 11.5 Å². The van der Waals surface area contributed by atoms with E-state index < -0.39 is 0 Å². The number of hydrogen-bond donors (Lipinski definition) is 3. The number of amides is 1. The summed E-state index contributed by atoms with van der Waals surface area (Å²) in [6, 6.07) is 3.59. The molecule has 1 amide bonds. The number of nitrogens with one attached hydrogen (secondary N) is 2. The van der Waals surface area contributed by atoms with Crippen LogP contribution in [0.4, 0.5) is 23.5 Å². The molecular formula is C23H32ClN9O3. The number of rotatable bonds is 8. The fraction of sp³-hybridized carbons (Fsp3) is 0.435. The highest BCUT2D eigenvalue weighted by Gasteiger charge is 2.24. The Morgan fingerprint density at radius 2 is 1.61 bits per heavy atom. The fourth-order valence-electron chi connectivity index (χ4n) is 3.96. The number of halogens is 1. The van der Waals surface area contributed by atoms with Gasteiger partial charge in [0.05, 0.1) is 19.7 Å². The summed E-state index contributed by atoms with van der Waals surface area (Å²) in [4.78, 5) is 34.8.